The molecule has 0 unspecified atom stereocenters. The van der Waals surface area contributed by atoms with E-state index < -0.39 is 0 Å². The van der Waals surface area contributed by atoms with Crippen molar-refractivity contribution in [2.75, 3.05) is 6.61 Å². The predicted molar refractivity (Wildman–Crippen MR) is 72.0 cm³/mol. The van der Waals surface area contributed by atoms with E-state index in [2.05, 4.69) is 0 Å². The Hall–Kier alpha value is -2.23. The minimum Gasteiger partial charge on any atom is -0.493 e. The first-order chi connectivity index (χ1) is 9.56. The van der Waals surface area contributed by atoms with E-state index in [-0.39, 0.29) is 30.4 Å². The minimum absolute atomic E-state index is 0.140. The van der Waals surface area contributed by atoms with E-state index >= 15 is 0 Å². The predicted octanol–water partition coefficient (Wildman–Crippen LogP) is 3.93. The summed E-state index contributed by atoms with van der Waals surface area (Å²) in [6.07, 6.45) is 0.154. The molecular formula is C16H14F2O2. The molecule has 4 heteroatoms. The van der Waals surface area contributed by atoms with Gasteiger partial charge in [-0.3, -0.25) is 4.79 Å². The number of aryl methyl sites for hydroxylation is 1. The number of Topliss-reactive ketones (excluding diaryl/α,β-unsaturated/α-hetero) is 1. The van der Waals surface area contributed by atoms with Crippen LogP contribution in [0.25, 0.3) is 0 Å². The van der Waals surface area contributed by atoms with Gasteiger partial charge in [0.2, 0.25) is 0 Å². The Morgan fingerprint density at radius 2 is 1.70 bits per heavy atom. The Kier molecular flexibility index (Phi) is 4.45. The molecule has 0 spiro atoms. The lowest BCUT2D eigenvalue weighted by atomic mass is 10.1. The number of halogens is 2. The second-order valence-corrected chi connectivity index (χ2v) is 4.44. The average molecular weight is 276 g/mol. The average Bonchev–Trinajstić information content (AvgIpc) is 2.43. The van der Waals surface area contributed by atoms with Crippen molar-refractivity contribution < 1.29 is 18.3 Å². The first-order valence-corrected chi connectivity index (χ1v) is 6.24. The van der Waals surface area contributed by atoms with Crippen LogP contribution in [0.2, 0.25) is 0 Å². The van der Waals surface area contributed by atoms with Crippen LogP contribution in [-0.2, 0) is 0 Å². The van der Waals surface area contributed by atoms with E-state index in [0.717, 1.165) is 5.56 Å². The normalized spacial score (nSPS) is 10.3. The molecule has 0 radical (unpaired) electrons. The number of ether oxygens (including phenoxy) is 1. The standard InChI is InChI=1S/C16H14F2O2/c1-11-2-5-14(18)10-16(11)20-9-8-15(19)12-3-6-13(17)7-4-12/h2-7,10H,8-9H2,1H3. The van der Waals surface area contributed by atoms with E-state index in [1.54, 1.807) is 13.0 Å². The van der Waals surface area contributed by atoms with Crippen LogP contribution in [0.1, 0.15) is 22.3 Å². The van der Waals surface area contributed by atoms with Crippen LogP contribution in [0.5, 0.6) is 5.75 Å². The van der Waals surface area contributed by atoms with E-state index in [1.165, 1.54) is 36.4 Å². The zero-order valence-electron chi connectivity index (χ0n) is 11.0. The van der Waals surface area contributed by atoms with Gasteiger partial charge in [-0.05, 0) is 42.8 Å². The first-order valence-electron chi connectivity index (χ1n) is 6.24. The van der Waals surface area contributed by atoms with Gasteiger partial charge in [-0.1, -0.05) is 6.07 Å². The number of benzene rings is 2. The molecule has 0 N–H and O–H groups in total. The van der Waals surface area contributed by atoms with Crippen molar-refractivity contribution in [3.63, 3.8) is 0 Å². The smallest absolute Gasteiger partial charge is 0.166 e. The van der Waals surface area contributed by atoms with Crippen LogP contribution in [-0.4, -0.2) is 12.4 Å². The number of hydrogen-bond acceptors (Lipinski definition) is 2. The summed E-state index contributed by atoms with van der Waals surface area (Å²) in [5, 5.41) is 0. The summed E-state index contributed by atoms with van der Waals surface area (Å²) in [5.74, 6) is -0.473. The fourth-order valence-electron chi connectivity index (χ4n) is 1.76. The van der Waals surface area contributed by atoms with Crippen molar-refractivity contribution in [1.29, 1.82) is 0 Å². The molecule has 0 bridgehead atoms. The molecule has 0 aliphatic carbocycles. The number of hydrogen-bond donors (Lipinski definition) is 0. The summed E-state index contributed by atoms with van der Waals surface area (Å²) in [7, 11) is 0. The maximum Gasteiger partial charge on any atom is 0.166 e. The Morgan fingerprint density at radius 3 is 2.40 bits per heavy atom. The highest BCUT2D eigenvalue weighted by Gasteiger charge is 2.07. The van der Waals surface area contributed by atoms with Crippen LogP contribution in [0.4, 0.5) is 8.78 Å². The van der Waals surface area contributed by atoms with Gasteiger partial charge < -0.3 is 4.74 Å². The number of ketones is 1. The van der Waals surface area contributed by atoms with Gasteiger partial charge in [0.15, 0.2) is 5.78 Å². The van der Waals surface area contributed by atoms with Gasteiger partial charge in [-0.25, -0.2) is 8.78 Å². The van der Waals surface area contributed by atoms with Crippen molar-refractivity contribution in [1.82, 2.24) is 0 Å². The van der Waals surface area contributed by atoms with Gasteiger partial charge in [0, 0.05) is 18.1 Å². The quantitative estimate of drug-likeness (QED) is 0.773. The van der Waals surface area contributed by atoms with Gasteiger partial charge in [-0.15, -0.1) is 0 Å². The van der Waals surface area contributed by atoms with Gasteiger partial charge in [0.1, 0.15) is 17.4 Å². The van der Waals surface area contributed by atoms with Crippen LogP contribution >= 0.6 is 0 Å². The highest BCUT2D eigenvalue weighted by molar-refractivity contribution is 5.96. The molecule has 0 fully saturated rings. The maximum absolute atomic E-state index is 13.1. The lowest BCUT2D eigenvalue weighted by Gasteiger charge is -2.08. The minimum atomic E-state index is -0.381. The molecule has 0 atom stereocenters. The molecule has 0 aliphatic rings. The Labute approximate surface area is 116 Å². The summed E-state index contributed by atoms with van der Waals surface area (Å²) < 4.78 is 31.2. The number of rotatable bonds is 5. The molecule has 0 heterocycles. The number of carbonyl (C=O) groups is 1. The van der Waals surface area contributed by atoms with E-state index in [4.69, 9.17) is 4.74 Å². The van der Waals surface area contributed by atoms with Gasteiger partial charge in [0.25, 0.3) is 0 Å². The Bertz CT molecular complexity index is 606. The molecule has 20 heavy (non-hydrogen) atoms. The van der Waals surface area contributed by atoms with Crippen LogP contribution < -0.4 is 4.74 Å². The molecular weight excluding hydrogens is 262 g/mol. The fourth-order valence-corrected chi connectivity index (χ4v) is 1.76. The third kappa shape index (κ3) is 3.63. The molecule has 0 aromatic heterocycles. The molecule has 0 aliphatic heterocycles. The van der Waals surface area contributed by atoms with E-state index in [0.29, 0.717) is 11.3 Å². The van der Waals surface area contributed by atoms with Gasteiger partial charge in [-0.2, -0.15) is 0 Å². The third-order valence-corrected chi connectivity index (χ3v) is 2.90. The highest BCUT2D eigenvalue weighted by atomic mass is 19.1. The molecule has 104 valence electrons. The molecule has 2 aromatic rings. The molecule has 0 saturated heterocycles. The molecule has 2 nitrogen and oxygen atoms in total. The SMILES string of the molecule is Cc1ccc(F)cc1OCCC(=O)c1ccc(F)cc1. The lowest BCUT2D eigenvalue weighted by molar-refractivity contribution is 0.0962. The lowest BCUT2D eigenvalue weighted by Crippen LogP contribution is -2.07. The zero-order valence-corrected chi connectivity index (χ0v) is 11.0. The second-order valence-electron chi connectivity index (χ2n) is 4.44. The van der Waals surface area contributed by atoms with Crippen molar-refractivity contribution in [3.8, 4) is 5.75 Å². The first kappa shape index (κ1) is 14.2. The zero-order chi connectivity index (χ0) is 14.5. The van der Waals surface area contributed by atoms with Gasteiger partial charge in [0.05, 0.1) is 6.61 Å². The van der Waals surface area contributed by atoms with E-state index in [9.17, 15) is 13.6 Å². The van der Waals surface area contributed by atoms with Crippen LogP contribution in [0, 0.1) is 18.6 Å². The second kappa shape index (κ2) is 6.28. The molecule has 2 aromatic carbocycles. The maximum atomic E-state index is 13.1. The Morgan fingerprint density at radius 1 is 1.05 bits per heavy atom. The summed E-state index contributed by atoms with van der Waals surface area (Å²) in [6, 6.07) is 9.61. The van der Waals surface area contributed by atoms with Crippen molar-refractivity contribution in [2.24, 2.45) is 0 Å². The summed E-state index contributed by atoms with van der Waals surface area (Å²) >= 11 is 0. The molecule has 2 rings (SSSR count). The van der Waals surface area contributed by atoms with E-state index in [1.807, 2.05) is 0 Å². The molecule has 0 saturated carbocycles. The summed E-state index contributed by atoms with van der Waals surface area (Å²) in [4.78, 5) is 11.8. The summed E-state index contributed by atoms with van der Waals surface area (Å²) in [5.41, 5.74) is 1.24. The fraction of sp³-hybridized carbons (Fsp3) is 0.188. The van der Waals surface area contributed by atoms with Crippen molar-refractivity contribution >= 4 is 5.78 Å². The third-order valence-electron chi connectivity index (χ3n) is 2.90. The van der Waals surface area contributed by atoms with Crippen molar-refractivity contribution in [3.05, 3.63) is 65.2 Å². The Balaban J connectivity index is 1.91. The van der Waals surface area contributed by atoms with Crippen LogP contribution in [0.3, 0.4) is 0 Å². The summed E-state index contributed by atoms with van der Waals surface area (Å²) in [6.45, 7) is 1.96. The van der Waals surface area contributed by atoms with Crippen molar-refractivity contribution in [2.45, 2.75) is 13.3 Å². The van der Waals surface area contributed by atoms with Crippen LogP contribution in [0.15, 0.2) is 42.5 Å². The topological polar surface area (TPSA) is 26.3 Å². The monoisotopic (exact) mass is 276 g/mol. The number of carbonyl (C=O) groups excluding carboxylic acids is 1. The largest absolute Gasteiger partial charge is 0.493 e. The molecule has 0 amide bonds. The highest BCUT2D eigenvalue weighted by Crippen LogP contribution is 2.19. The van der Waals surface area contributed by atoms with Gasteiger partial charge >= 0.3 is 0 Å².